The maximum atomic E-state index is 13.0. The summed E-state index contributed by atoms with van der Waals surface area (Å²) in [6.45, 7) is 2.02. The summed E-state index contributed by atoms with van der Waals surface area (Å²) >= 11 is 0. The standard InChI is InChI=1S/C10H9FO/c1-2-7-6-12-10-8(7)4-3-5-9(10)11/h3-6H,2H2,1H3. The summed E-state index contributed by atoms with van der Waals surface area (Å²) in [7, 11) is 0. The van der Waals surface area contributed by atoms with Crippen LogP contribution in [0.25, 0.3) is 11.0 Å². The lowest BCUT2D eigenvalue weighted by Crippen LogP contribution is -1.76. The SMILES string of the molecule is CCc1coc2c(F)cccc12. The molecule has 0 radical (unpaired) electrons. The zero-order valence-electron chi connectivity index (χ0n) is 6.80. The Balaban J connectivity index is 2.80. The number of para-hydroxylation sites is 1. The fraction of sp³-hybridized carbons (Fsp3) is 0.200. The van der Waals surface area contributed by atoms with Gasteiger partial charge in [-0.05, 0) is 18.1 Å². The van der Waals surface area contributed by atoms with Crippen molar-refractivity contribution in [2.75, 3.05) is 0 Å². The lowest BCUT2D eigenvalue weighted by atomic mass is 10.1. The predicted molar refractivity (Wildman–Crippen MR) is 45.6 cm³/mol. The van der Waals surface area contributed by atoms with E-state index in [9.17, 15) is 4.39 Å². The number of rotatable bonds is 1. The molecule has 0 aliphatic carbocycles. The van der Waals surface area contributed by atoms with E-state index in [4.69, 9.17) is 4.42 Å². The van der Waals surface area contributed by atoms with E-state index in [-0.39, 0.29) is 5.82 Å². The number of hydrogen-bond acceptors (Lipinski definition) is 1. The van der Waals surface area contributed by atoms with Crippen LogP contribution < -0.4 is 0 Å². The smallest absolute Gasteiger partial charge is 0.169 e. The van der Waals surface area contributed by atoms with Crippen LogP contribution >= 0.6 is 0 Å². The molecule has 2 rings (SSSR count). The number of furan rings is 1. The van der Waals surface area contributed by atoms with Crippen LogP contribution in [0.3, 0.4) is 0 Å². The third-order valence-electron chi connectivity index (χ3n) is 2.01. The first-order valence-corrected chi connectivity index (χ1v) is 3.97. The fourth-order valence-corrected chi connectivity index (χ4v) is 1.35. The summed E-state index contributed by atoms with van der Waals surface area (Å²) in [5, 5.41) is 0.887. The zero-order valence-corrected chi connectivity index (χ0v) is 6.80. The molecular formula is C10H9FO. The van der Waals surface area contributed by atoms with Gasteiger partial charge in [-0.2, -0.15) is 0 Å². The average Bonchev–Trinajstić information content (AvgIpc) is 2.49. The van der Waals surface area contributed by atoms with Crippen LogP contribution in [-0.2, 0) is 6.42 Å². The number of fused-ring (bicyclic) bond motifs is 1. The van der Waals surface area contributed by atoms with Crippen molar-refractivity contribution in [1.29, 1.82) is 0 Å². The van der Waals surface area contributed by atoms with Crippen molar-refractivity contribution < 1.29 is 8.81 Å². The van der Waals surface area contributed by atoms with Gasteiger partial charge in [0, 0.05) is 5.39 Å². The molecule has 2 heteroatoms. The van der Waals surface area contributed by atoms with Gasteiger partial charge < -0.3 is 4.42 Å². The third kappa shape index (κ3) is 0.916. The second-order valence-corrected chi connectivity index (χ2v) is 2.73. The molecule has 0 aliphatic rings. The van der Waals surface area contributed by atoms with Gasteiger partial charge in [-0.1, -0.05) is 19.1 Å². The highest BCUT2D eigenvalue weighted by molar-refractivity contribution is 5.81. The topological polar surface area (TPSA) is 13.1 Å². The molecule has 12 heavy (non-hydrogen) atoms. The monoisotopic (exact) mass is 164 g/mol. The highest BCUT2D eigenvalue weighted by atomic mass is 19.1. The lowest BCUT2D eigenvalue weighted by Gasteiger charge is -1.91. The van der Waals surface area contributed by atoms with Crippen molar-refractivity contribution in [2.24, 2.45) is 0 Å². The zero-order chi connectivity index (χ0) is 8.55. The molecule has 0 saturated heterocycles. The van der Waals surface area contributed by atoms with Crippen molar-refractivity contribution >= 4 is 11.0 Å². The van der Waals surface area contributed by atoms with Crippen LogP contribution in [0.5, 0.6) is 0 Å². The van der Waals surface area contributed by atoms with Crippen molar-refractivity contribution in [3.63, 3.8) is 0 Å². The van der Waals surface area contributed by atoms with Gasteiger partial charge in [0.15, 0.2) is 11.4 Å². The molecule has 0 aliphatic heterocycles. The van der Waals surface area contributed by atoms with Gasteiger partial charge in [-0.3, -0.25) is 0 Å². The van der Waals surface area contributed by atoms with E-state index >= 15 is 0 Å². The third-order valence-corrected chi connectivity index (χ3v) is 2.01. The Morgan fingerprint density at radius 2 is 2.25 bits per heavy atom. The van der Waals surface area contributed by atoms with Crippen LogP contribution in [0.4, 0.5) is 4.39 Å². The van der Waals surface area contributed by atoms with Crippen molar-refractivity contribution in [3.05, 3.63) is 35.8 Å². The van der Waals surface area contributed by atoms with Gasteiger partial charge >= 0.3 is 0 Å². The number of aryl methyl sites for hydroxylation is 1. The Kier molecular flexibility index (Phi) is 1.61. The van der Waals surface area contributed by atoms with Crippen LogP contribution in [-0.4, -0.2) is 0 Å². The van der Waals surface area contributed by atoms with E-state index in [0.29, 0.717) is 5.58 Å². The largest absolute Gasteiger partial charge is 0.461 e. The molecule has 1 nitrogen and oxygen atoms in total. The molecule has 1 aromatic carbocycles. The van der Waals surface area contributed by atoms with Crippen molar-refractivity contribution in [2.45, 2.75) is 13.3 Å². The summed E-state index contributed by atoms with van der Waals surface area (Å²) < 4.78 is 18.1. The summed E-state index contributed by atoms with van der Waals surface area (Å²) in [5.41, 5.74) is 1.43. The highest BCUT2D eigenvalue weighted by Gasteiger charge is 2.06. The minimum Gasteiger partial charge on any atom is -0.461 e. The second-order valence-electron chi connectivity index (χ2n) is 2.73. The van der Waals surface area contributed by atoms with Gasteiger partial charge in [0.25, 0.3) is 0 Å². The first-order valence-electron chi connectivity index (χ1n) is 3.97. The predicted octanol–water partition coefficient (Wildman–Crippen LogP) is 3.13. The van der Waals surface area contributed by atoms with Gasteiger partial charge in [0.1, 0.15) is 0 Å². The summed E-state index contributed by atoms with van der Waals surface area (Å²) in [6, 6.07) is 4.98. The number of hydrogen-bond donors (Lipinski definition) is 0. The molecule has 0 saturated carbocycles. The Hall–Kier alpha value is -1.31. The van der Waals surface area contributed by atoms with Crippen LogP contribution in [0.2, 0.25) is 0 Å². The second kappa shape index (κ2) is 2.63. The fourth-order valence-electron chi connectivity index (χ4n) is 1.35. The highest BCUT2D eigenvalue weighted by Crippen LogP contribution is 2.23. The first kappa shape index (κ1) is 7.35. The number of halogens is 1. The quantitative estimate of drug-likeness (QED) is 0.631. The molecule has 0 fully saturated rings. The van der Waals surface area contributed by atoms with E-state index in [1.54, 1.807) is 12.3 Å². The maximum absolute atomic E-state index is 13.0. The van der Waals surface area contributed by atoms with Gasteiger partial charge in [0.05, 0.1) is 6.26 Å². The maximum Gasteiger partial charge on any atom is 0.169 e. The lowest BCUT2D eigenvalue weighted by molar-refractivity contribution is 0.558. The van der Waals surface area contributed by atoms with Gasteiger partial charge in [-0.25, -0.2) is 4.39 Å². The van der Waals surface area contributed by atoms with E-state index in [1.807, 2.05) is 13.0 Å². The number of benzene rings is 1. The molecule has 62 valence electrons. The van der Waals surface area contributed by atoms with Crippen molar-refractivity contribution in [1.82, 2.24) is 0 Å². The molecule has 1 heterocycles. The van der Waals surface area contributed by atoms with Crippen LogP contribution in [0.1, 0.15) is 12.5 Å². The van der Waals surface area contributed by atoms with Crippen molar-refractivity contribution in [3.8, 4) is 0 Å². The molecule has 1 aromatic heterocycles. The summed E-state index contributed by atoms with van der Waals surface area (Å²) in [4.78, 5) is 0. The molecule has 0 amide bonds. The van der Waals surface area contributed by atoms with E-state index in [0.717, 1.165) is 17.4 Å². The minimum absolute atomic E-state index is 0.285. The Bertz CT molecular complexity index is 403. The average molecular weight is 164 g/mol. The summed E-state index contributed by atoms with van der Waals surface area (Å²) in [5.74, 6) is -0.285. The van der Waals surface area contributed by atoms with E-state index in [1.165, 1.54) is 6.07 Å². The molecule has 0 bridgehead atoms. The molecule has 0 unspecified atom stereocenters. The van der Waals surface area contributed by atoms with Gasteiger partial charge in [0.2, 0.25) is 0 Å². The van der Waals surface area contributed by atoms with E-state index in [2.05, 4.69) is 0 Å². The Morgan fingerprint density at radius 3 is 3.00 bits per heavy atom. The Labute approximate surface area is 69.8 Å². The van der Waals surface area contributed by atoms with Crippen LogP contribution in [0, 0.1) is 5.82 Å². The van der Waals surface area contributed by atoms with E-state index < -0.39 is 0 Å². The summed E-state index contributed by atoms with van der Waals surface area (Å²) in [6.07, 6.45) is 2.49. The normalized spacial score (nSPS) is 10.8. The molecule has 0 atom stereocenters. The molecular weight excluding hydrogens is 155 g/mol. The van der Waals surface area contributed by atoms with Gasteiger partial charge in [-0.15, -0.1) is 0 Å². The Morgan fingerprint density at radius 1 is 1.42 bits per heavy atom. The first-order chi connectivity index (χ1) is 5.83. The minimum atomic E-state index is -0.285. The molecule has 0 N–H and O–H groups in total. The molecule has 2 aromatic rings. The van der Waals surface area contributed by atoms with Crippen LogP contribution in [0.15, 0.2) is 28.9 Å². The molecule has 0 spiro atoms.